The van der Waals surface area contributed by atoms with Crippen molar-refractivity contribution in [3.05, 3.63) is 59.7 Å². The number of benzene rings is 2. The molecule has 0 amide bonds. The molecule has 17 heavy (non-hydrogen) atoms. The molecule has 3 aromatic rings. The third-order valence-corrected chi connectivity index (χ3v) is 3.34. The highest BCUT2D eigenvalue weighted by Gasteiger charge is 2.10. The van der Waals surface area contributed by atoms with Crippen molar-refractivity contribution < 1.29 is 0 Å². The normalized spacial score (nSPS) is 10.9. The fourth-order valence-electron chi connectivity index (χ4n) is 2.52. The van der Waals surface area contributed by atoms with E-state index in [1.807, 2.05) is 6.07 Å². The van der Waals surface area contributed by atoms with Crippen LogP contribution in [0, 0.1) is 13.8 Å². The Kier molecular flexibility index (Phi) is 2.25. The van der Waals surface area contributed by atoms with E-state index in [1.165, 1.54) is 33.3 Å². The van der Waals surface area contributed by atoms with Gasteiger partial charge < -0.3 is 4.98 Å². The van der Waals surface area contributed by atoms with E-state index in [1.54, 1.807) is 0 Å². The van der Waals surface area contributed by atoms with E-state index in [4.69, 9.17) is 0 Å². The quantitative estimate of drug-likeness (QED) is 0.624. The summed E-state index contributed by atoms with van der Waals surface area (Å²) in [6.07, 6.45) is 0. The van der Waals surface area contributed by atoms with E-state index < -0.39 is 0 Å². The molecular weight excluding hydrogens is 206 g/mol. The molecule has 0 aliphatic heterocycles. The van der Waals surface area contributed by atoms with Crippen LogP contribution in [0.1, 0.15) is 11.1 Å². The molecule has 0 aliphatic carbocycles. The molecule has 1 aromatic heterocycles. The number of rotatable bonds is 1. The second-order valence-corrected chi connectivity index (χ2v) is 4.49. The number of hydrogen-bond acceptors (Lipinski definition) is 0. The minimum atomic E-state index is 1.22. The molecule has 84 valence electrons. The van der Waals surface area contributed by atoms with Gasteiger partial charge in [-0.3, -0.25) is 0 Å². The van der Waals surface area contributed by atoms with E-state index in [-0.39, 0.29) is 0 Å². The Hall–Kier alpha value is -2.02. The van der Waals surface area contributed by atoms with Gasteiger partial charge in [0.15, 0.2) is 0 Å². The molecule has 1 N–H and O–H groups in total. The van der Waals surface area contributed by atoms with Crippen LogP contribution < -0.4 is 0 Å². The minimum Gasteiger partial charge on any atom is -0.354 e. The van der Waals surface area contributed by atoms with E-state index >= 15 is 0 Å². The molecule has 0 aliphatic rings. The van der Waals surface area contributed by atoms with Crippen molar-refractivity contribution >= 4 is 10.9 Å². The van der Waals surface area contributed by atoms with Gasteiger partial charge in [0.1, 0.15) is 0 Å². The molecule has 1 heterocycles. The number of nitrogens with one attached hydrogen (secondary N) is 1. The molecule has 3 rings (SSSR count). The zero-order chi connectivity index (χ0) is 11.8. The van der Waals surface area contributed by atoms with Crippen molar-refractivity contribution in [1.29, 1.82) is 0 Å². The standard InChI is InChI=1S/C16H15N/c1-11-7-6-10-14-15(11)12(2)16(17-14)13-8-4-3-5-9-13/h3-10,17H,1-2H3. The third-order valence-electron chi connectivity index (χ3n) is 3.34. The summed E-state index contributed by atoms with van der Waals surface area (Å²) >= 11 is 0. The summed E-state index contributed by atoms with van der Waals surface area (Å²) < 4.78 is 0. The SMILES string of the molecule is Cc1cccc2[nH]c(-c3ccccc3)c(C)c12. The highest BCUT2D eigenvalue weighted by atomic mass is 14.7. The predicted molar refractivity (Wildman–Crippen MR) is 73.2 cm³/mol. The fourth-order valence-corrected chi connectivity index (χ4v) is 2.52. The highest BCUT2D eigenvalue weighted by Crippen LogP contribution is 2.31. The maximum absolute atomic E-state index is 3.52. The van der Waals surface area contributed by atoms with E-state index in [2.05, 4.69) is 61.3 Å². The summed E-state index contributed by atoms with van der Waals surface area (Å²) in [5, 5.41) is 1.35. The van der Waals surface area contributed by atoms with Gasteiger partial charge >= 0.3 is 0 Å². The average molecular weight is 221 g/mol. The Morgan fingerprint density at radius 1 is 0.824 bits per heavy atom. The first-order chi connectivity index (χ1) is 8.27. The lowest BCUT2D eigenvalue weighted by Crippen LogP contribution is -1.79. The van der Waals surface area contributed by atoms with E-state index in [9.17, 15) is 0 Å². The van der Waals surface area contributed by atoms with Gasteiger partial charge in [-0.2, -0.15) is 0 Å². The molecule has 0 bridgehead atoms. The van der Waals surface area contributed by atoms with E-state index in [0.29, 0.717) is 0 Å². The van der Waals surface area contributed by atoms with Crippen LogP contribution in [0.3, 0.4) is 0 Å². The first-order valence-corrected chi connectivity index (χ1v) is 5.90. The fraction of sp³-hybridized carbons (Fsp3) is 0.125. The minimum absolute atomic E-state index is 1.22. The van der Waals surface area contributed by atoms with E-state index in [0.717, 1.165) is 0 Å². The molecule has 0 spiro atoms. The van der Waals surface area contributed by atoms with Gasteiger partial charge in [-0.1, -0.05) is 42.5 Å². The summed E-state index contributed by atoms with van der Waals surface area (Å²) in [6.45, 7) is 4.35. The lowest BCUT2D eigenvalue weighted by Gasteiger charge is -2.00. The largest absolute Gasteiger partial charge is 0.354 e. The van der Waals surface area contributed by atoms with Crippen LogP contribution >= 0.6 is 0 Å². The van der Waals surface area contributed by atoms with Crippen molar-refractivity contribution in [1.82, 2.24) is 4.98 Å². The van der Waals surface area contributed by atoms with Gasteiger partial charge in [0.2, 0.25) is 0 Å². The van der Waals surface area contributed by atoms with Gasteiger partial charge in [0.25, 0.3) is 0 Å². The molecule has 2 aromatic carbocycles. The average Bonchev–Trinajstić information content (AvgIpc) is 2.69. The summed E-state index contributed by atoms with van der Waals surface area (Å²) in [4.78, 5) is 3.52. The number of H-pyrrole nitrogens is 1. The molecule has 0 atom stereocenters. The van der Waals surface area contributed by atoms with Crippen LogP contribution in [-0.4, -0.2) is 4.98 Å². The maximum atomic E-state index is 3.52. The molecule has 0 unspecified atom stereocenters. The number of aryl methyl sites for hydroxylation is 2. The summed E-state index contributed by atoms with van der Waals surface area (Å²) in [5.41, 5.74) is 6.37. The number of fused-ring (bicyclic) bond motifs is 1. The topological polar surface area (TPSA) is 15.8 Å². The summed E-state index contributed by atoms with van der Waals surface area (Å²) in [5.74, 6) is 0. The molecular formula is C16H15N. The molecule has 0 fully saturated rings. The Labute approximate surface area is 101 Å². The molecule has 0 saturated heterocycles. The predicted octanol–water partition coefficient (Wildman–Crippen LogP) is 4.45. The molecule has 0 saturated carbocycles. The van der Waals surface area contributed by atoms with Gasteiger partial charge in [0.05, 0.1) is 0 Å². The van der Waals surface area contributed by atoms with Crippen molar-refractivity contribution in [2.24, 2.45) is 0 Å². The molecule has 1 heteroatoms. The summed E-state index contributed by atoms with van der Waals surface area (Å²) in [7, 11) is 0. The number of aromatic amines is 1. The van der Waals surface area contributed by atoms with Crippen LogP contribution in [0.25, 0.3) is 22.2 Å². The van der Waals surface area contributed by atoms with Crippen LogP contribution in [0.2, 0.25) is 0 Å². The lowest BCUT2D eigenvalue weighted by atomic mass is 10.0. The van der Waals surface area contributed by atoms with Crippen LogP contribution in [0.15, 0.2) is 48.5 Å². The maximum Gasteiger partial charge on any atom is 0.0494 e. The van der Waals surface area contributed by atoms with Gasteiger partial charge in [-0.15, -0.1) is 0 Å². The first-order valence-electron chi connectivity index (χ1n) is 5.90. The van der Waals surface area contributed by atoms with Gasteiger partial charge in [-0.05, 0) is 36.6 Å². The first kappa shape index (κ1) is 10.2. The van der Waals surface area contributed by atoms with Gasteiger partial charge in [0, 0.05) is 16.6 Å². The summed E-state index contributed by atoms with van der Waals surface area (Å²) in [6, 6.07) is 16.9. The second-order valence-electron chi connectivity index (χ2n) is 4.49. The van der Waals surface area contributed by atoms with Crippen molar-refractivity contribution in [3.63, 3.8) is 0 Å². The van der Waals surface area contributed by atoms with Crippen LogP contribution in [-0.2, 0) is 0 Å². The Morgan fingerprint density at radius 2 is 1.59 bits per heavy atom. The van der Waals surface area contributed by atoms with Crippen molar-refractivity contribution in [2.45, 2.75) is 13.8 Å². The monoisotopic (exact) mass is 221 g/mol. The third kappa shape index (κ3) is 1.55. The van der Waals surface area contributed by atoms with Crippen molar-refractivity contribution in [3.8, 4) is 11.3 Å². The second kappa shape index (κ2) is 3.77. The van der Waals surface area contributed by atoms with Crippen molar-refractivity contribution in [2.75, 3.05) is 0 Å². The Morgan fingerprint density at radius 3 is 2.29 bits per heavy atom. The zero-order valence-electron chi connectivity index (χ0n) is 10.1. The van der Waals surface area contributed by atoms with Crippen LogP contribution in [0.5, 0.6) is 0 Å². The number of aromatic nitrogens is 1. The van der Waals surface area contributed by atoms with Crippen LogP contribution in [0.4, 0.5) is 0 Å². The lowest BCUT2D eigenvalue weighted by molar-refractivity contribution is 1.41. The molecule has 1 nitrogen and oxygen atoms in total. The van der Waals surface area contributed by atoms with Gasteiger partial charge in [-0.25, -0.2) is 0 Å². The smallest absolute Gasteiger partial charge is 0.0494 e. The zero-order valence-corrected chi connectivity index (χ0v) is 10.1. The number of hydrogen-bond donors (Lipinski definition) is 1. The highest BCUT2D eigenvalue weighted by molar-refractivity contribution is 5.92. The Bertz CT molecular complexity index is 663. The molecule has 0 radical (unpaired) electrons. The Balaban J connectivity index is 2.33.